The van der Waals surface area contributed by atoms with E-state index in [-0.39, 0.29) is 0 Å². The van der Waals surface area contributed by atoms with E-state index >= 15 is 0 Å². The van der Waals surface area contributed by atoms with Crippen LogP contribution in [0.15, 0.2) is 36.5 Å². The van der Waals surface area contributed by atoms with Crippen molar-refractivity contribution in [3.63, 3.8) is 0 Å². The van der Waals surface area contributed by atoms with Crippen LogP contribution in [0.5, 0.6) is 0 Å². The smallest absolute Gasteiger partial charge is 0.204 e. The van der Waals surface area contributed by atoms with Crippen LogP contribution in [-0.2, 0) is 6.54 Å². The highest BCUT2D eigenvalue weighted by Crippen LogP contribution is 2.29. The standard InChI is InChI=1S/C19H25N5O/c1-14(25)12-20-19-21-17-8-4-5-9-18(17)23(19)13-15-10-11-24(22-15)16-6-2-3-7-16/h4-5,8-11,14,16,25H,2-3,6-7,12-13H2,1H3,(H,20,21)/t14-/m1/s1. The summed E-state index contributed by atoms with van der Waals surface area (Å²) in [7, 11) is 0. The average Bonchev–Trinajstić information content (AvgIpc) is 3.33. The van der Waals surface area contributed by atoms with Crippen LogP contribution in [0.4, 0.5) is 5.95 Å². The molecule has 2 heterocycles. The Hall–Kier alpha value is -2.34. The number of fused-ring (bicyclic) bond motifs is 1. The molecular formula is C19H25N5O. The fraction of sp³-hybridized carbons (Fsp3) is 0.474. The Morgan fingerprint density at radius 1 is 1.24 bits per heavy atom. The predicted octanol–water partition coefficient (Wildman–Crippen LogP) is 3.19. The Bertz CT molecular complexity index is 844. The molecule has 0 bridgehead atoms. The number of anilines is 1. The van der Waals surface area contributed by atoms with Crippen LogP contribution in [0.2, 0.25) is 0 Å². The van der Waals surface area contributed by atoms with Crippen LogP contribution in [0.1, 0.15) is 44.3 Å². The first-order chi connectivity index (χ1) is 12.2. The second kappa shape index (κ2) is 6.88. The number of benzene rings is 1. The Morgan fingerprint density at radius 2 is 2.04 bits per heavy atom. The summed E-state index contributed by atoms with van der Waals surface area (Å²) in [5.41, 5.74) is 3.06. The number of aliphatic hydroxyl groups is 1. The second-order valence-electron chi connectivity index (χ2n) is 6.97. The Labute approximate surface area is 147 Å². The number of imidazole rings is 1. The van der Waals surface area contributed by atoms with Gasteiger partial charge in [0.1, 0.15) is 0 Å². The number of nitrogens with one attached hydrogen (secondary N) is 1. The van der Waals surface area contributed by atoms with Crippen LogP contribution < -0.4 is 5.32 Å². The summed E-state index contributed by atoms with van der Waals surface area (Å²) in [6.07, 6.45) is 6.76. The molecule has 132 valence electrons. The number of aromatic nitrogens is 4. The van der Waals surface area contributed by atoms with Crippen molar-refractivity contribution in [2.24, 2.45) is 0 Å². The molecule has 6 heteroatoms. The summed E-state index contributed by atoms with van der Waals surface area (Å²) < 4.78 is 4.27. The molecule has 1 atom stereocenters. The number of nitrogens with zero attached hydrogens (tertiary/aromatic N) is 4. The first-order valence-electron chi connectivity index (χ1n) is 9.12. The summed E-state index contributed by atoms with van der Waals surface area (Å²) in [5, 5.41) is 17.6. The van der Waals surface area contributed by atoms with Crippen molar-refractivity contribution in [3.8, 4) is 0 Å². The van der Waals surface area contributed by atoms with E-state index in [1.165, 1.54) is 25.7 Å². The summed E-state index contributed by atoms with van der Waals surface area (Å²) in [6, 6.07) is 10.8. The third kappa shape index (κ3) is 3.39. The molecule has 0 spiro atoms. The van der Waals surface area contributed by atoms with E-state index in [0.29, 0.717) is 19.1 Å². The highest BCUT2D eigenvalue weighted by molar-refractivity contribution is 5.78. The highest BCUT2D eigenvalue weighted by atomic mass is 16.3. The van der Waals surface area contributed by atoms with E-state index in [9.17, 15) is 5.11 Å². The van der Waals surface area contributed by atoms with Crippen LogP contribution >= 0.6 is 0 Å². The van der Waals surface area contributed by atoms with Gasteiger partial charge in [-0.3, -0.25) is 4.68 Å². The van der Waals surface area contributed by atoms with E-state index in [0.717, 1.165) is 22.7 Å². The molecule has 1 aromatic carbocycles. The van der Waals surface area contributed by atoms with Gasteiger partial charge < -0.3 is 15.0 Å². The van der Waals surface area contributed by atoms with Crippen LogP contribution in [0.25, 0.3) is 11.0 Å². The lowest BCUT2D eigenvalue weighted by Crippen LogP contribution is -2.18. The number of para-hydroxylation sites is 2. The maximum atomic E-state index is 9.58. The molecule has 0 aliphatic heterocycles. The molecule has 1 aliphatic rings. The largest absolute Gasteiger partial charge is 0.392 e. The van der Waals surface area contributed by atoms with Gasteiger partial charge in [0.05, 0.1) is 35.4 Å². The van der Waals surface area contributed by atoms with Crippen molar-refractivity contribution < 1.29 is 5.11 Å². The number of hydrogen-bond donors (Lipinski definition) is 2. The van der Waals surface area contributed by atoms with E-state index in [1.54, 1.807) is 6.92 Å². The zero-order chi connectivity index (χ0) is 17.2. The fourth-order valence-electron chi connectivity index (χ4n) is 3.61. The molecule has 1 aliphatic carbocycles. The molecule has 1 saturated carbocycles. The minimum Gasteiger partial charge on any atom is -0.392 e. The molecule has 3 aromatic rings. The summed E-state index contributed by atoms with van der Waals surface area (Å²) in [5.74, 6) is 0.775. The monoisotopic (exact) mass is 339 g/mol. The SMILES string of the molecule is C[C@@H](O)CNc1nc2ccccc2n1Cc1ccn(C2CCCC2)n1. The molecule has 0 amide bonds. The van der Waals surface area contributed by atoms with Gasteiger partial charge in [0.15, 0.2) is 0 Å². The summed E-state index contributed by atoms with van der Waals surface area (Å²) in [6.45, 7) is 2.91. The molecule has 2 N–H and O–H groups in total. The minimum absolute atomic E-state index is 0.421. The van der Waals surface area contributed by atoms with Crippen LogP contribution in [-0.4, -0.2) is 37.1 Å². The van der Waals surface area contributed by atoms with Crippen molar-refractivity contribution in [1.29, 1.82) is 0 Å². The number of rotatable bonds is 6. The van der Waals surface area contributed by atoms with Crippen molar-refractivity contribution in [3.05, 3.63) is 42.2 Å². The van der Waals surface area contributed by atoms with Crippen LogP contribution in [0.3, 0.4) is 0 Å². The van der Waals surface area contributed by atoms with Gasteiger partial charge in [-0.05, 0) is 38.0 Å². The van der Waals surface area contributed by atoms with Gasteiger partial charge in [-0.2, -0.15) is 5.10 Å². The van der Waals surface area contributed by atoms with Gasteiger partial charge in [-0.25, -0.2) is 4.98 Å². The predicted molar refractivity (Wildman–Crippen MR) is 98.7 cm³/mol. The minimum atomic E-state index is -0.421. The molecule has 4 rings (SSSR count). The molecule has 0 saturated heterocycles. The third-order valence-corrected chi connectivity index (χ3v) is 4.89. The van der Waals surface area contributed by atoms with E-state index in [2.05, 4.69) is 37.9 Å². The van der Waals surface area contributed by atoms with Crippen LogP contribution in [0, 0.1) is 0 Å². The second-order valence-corrected chi connectivity index (χ2v) is 6.97. The molecule has 1 fully saturated rings. The summed E-state index contributed by atoms with van der Waals surface area (Å²) >= 11 is 0. The van der Waals surface area contributed by atoms with Gasteiger partial charge in [0, 0.05) is 12.7 Å². The number of hydrogen-bond acceptors (Lipinski definition) is 4. The lowest BCUT2D eigenvalue weighted by molar-refractivity contribution is 0.208. The van der Waals surface area contributed by atoms with Crippen molar-refractivity contribution in [2.45, 2.75) is 51.3 Å². The Balaban J connectivity index is 1.62. The van der Waals surface area contributed by atoms with Gasteiger partial charge in [-0.1, -0.05) is 25.0 Å². The zero-order valence-electron chi connectivity index (χ0n) is 14.6. The van der Waals surface area contributed by atoms with Gasteiger partial charge >= 0.3 is 0 Å². The van der Waals surface area contributed by atoms with E-state index in [4.69, 9.17) is 5.10 Å². The molecule has 0 unspecified atom stereocenters. The van der Waals surface area contributed by atoms with E-state index < -0.39 is 6.10 Å². The van der Waals surface area contributed by atoms with Crippen molar-refractivity contribution in [2.75, 3.05) is 11.9 Å². The van der Waals surface area contributed by atoms with Crippen molar-refractivity contribution in [1.82, 2.24) is 19.3 Å². The number of aliphatic hydroxyl groups excluding tert-OH is 1. The van der Waals surface area contributed by atoms with Crippen molar-refractivity contribution >= 4 is 17.0 Å². The highest BCUT2D eigenvalue weighted by Gasteiger charge is 2.18. The first-order valence-corrected chi connectivity index (χ1v) is 9.12. The lowest BCUT2D eigenvalue weighted by Gasteiger charge is -2.11. The average molecular weight is 339 g/mol. The molecule has 25 heavy (non-hydrogen) atoms. The maximum Gasteiger partial charge on any atom is 0.204 e. The third-order valence-electron chi connectivity index (χ3n) is 4.89. The van der Waals surface area contributed by atoms with Gasteiger partial charge in [-0.15, -0.1) is 0 Å². The Morgan fingerprint density at radius 3 is 2.84 bits per heavy atom. The molecule has 2 aromatic heterocycles. The van der Waals surface area contributed by atoms with Gasteiger partial charge in [0.25, 0.3) is 0 Å². The molecule has 6 nitrogen and oxygen atoms in total. The zero-order valence-corrected chi connectivity index (χ0v) is 14.6. The normalized spacial score (nSPS) is 16.6. The quantitative estimate of drug-likeness (QED) is 0.724. The van der Waals surface area contributed by atoms with Gasteiger partial charge in [0.2, 0.25) is 5.95 Å². The fourth-order valence-corrected chi connectivity index (χ4v) is 3.61. The lowest BCUT2D eigenvalue weighted by atomic mass is 10.3. The molecular weight excluding hydrogens is 314 g/mol. The first kappa shape index (κ1) is 16.1. The maximum absolute atomic E-state index is 9.58. The molecule has 0 radical (unpaired) electrons. The summed E-state index contributed by atoms with van der Waals surface area (Å²) in [4.78, 5) is 4.67. The van der Waals surface area contributed by atoms with E-state index in [1.807, 2.05) is 18.2 Å². The topological polar surface area (TPSA) is 67.9 Å². The Kier molecular flexibility index (Phi) is 4.44.